The van der Waals surface area contributed by atoms with Crippen molar-refractivity contribution in [3.8, 4) is 11.1 Å². The van der Waals surface area contributed by atoms with Gasteiger partial charge in [0.25, 0.3) is 0 Å². The largest absolute Gasteiger partial charge is 0.294 e. The van der Waals surface area contributed by atoms with Crippen LogP contribution in [0.2, 0.25) is 10.0 Å². The van der Waals surface area contributed by atoms with Crippen molar-refractivity contribution in [3.05, 3.63) is 87.3 Å². The number of carbonyl (C=O) groups excluding carboxylic acids is 1. The number of hydrogen-bond donors (Lipinski definition) is 0. The van der Waals surface area contributed by atoms with Crippen molar-refractivity contribution in [3.63, 3.8) is 0 Å². The van der Waals surface area contributed by atoms with Gasteiger partial charge in [-0.3, -0.25) is 4.79 Å². The topological polar surface area (TPSA) is 47.3 Å². The van der Waals surface area contributed by atoms with E-state index in [1.165, 1.54) is 0 Å². The highest BCUT2D eigenvalue weighted by Gasteiger charge is 2.29. The fraction of sp³-hybridized carbons (Fsp3) is 0.208. The predicted molar refractivity (Wildman–Crippen MR) is 120 cm³/mol. The first-order valence-corrected chi connectivity index (χ1v) is 10.7. The van der Waals surface area contributed by atoms with Crippen molar-refractivity contribution in [1.82, 2.24) is 14.6 Å². The van der Waals surface area contributed by atoms with Crippen molar-refractivity contribution < 1.29 is 4.79 Å². The van der Waals surface area contributed by atoms with Gasteiger partial charge in [-0.25, -0.2) is 9.50 Å². The zero-order chi connectivity index (χ0) is 20.8. The molecule has 2 heterocycles. The maximum Gasteiger partial charge on any atom is 0.166 e. The lowest BCUT2D eigenvalue weighted by molar-refractivity contribution is 0.0962. The summed E-state index contributed by atoms with van der Waals surface area (Å²) < 4.78 is 1.75. The van der Waals surface area contributed by atoms with E-state index in [-0.39, 0.29) is 11.7 Å². The molecule has 0 fully saturated rings. The predicted octanol–water partition coefficient (Wildman–Crippen LogP) is 6.18. The van der Waals surface area contributed by atoms with Crippen LogP contribution in [0.3, 0.4) is 0 Å². The second-order valence-corrected chi connectivity index (χ2v) is 8.51. The van der Waals surface area contributed by atoms with Gasteiger partial charge in [-0.1, -0.05) is 54.4 Å². The lowest BCUT2D eigenvalue weighted by Crippen LogP contribution is -2.21. The summed E-state index contributed by atoms with van der Waals surface area (Å²) in [6, 6.07) is 15.5. The molecule has 5 rings (SSSR count). The molecule has 0 aliphatic heterocycles. The van der Waals surface area contributed by atoms with E-state index < -0.39 is 0 Å². The van der Waals surface area contributed by atoms with Gasteiger partial charge in [-0.05, 0) is 54.2 Å². The minimum Gasteiger partial charge on any atom is -0.294 e. The molecule has 1 atom stereocenters. The summed E-state index contributed by atoms with van der Waals surface area (Å²) >= 11 is 12.3. The number of benzene rings is 2. The van der Waals surface area contributed by atoms with Gasteiger partial charge in [0.2, 0.25) is 0 Å². The maximum atomic E-state index is 12.9. The van der Waals surface area contributed by atoms with Crippen molar-refractivity contribution in [2.75, 3.05) is 0 Å². The zero-order valence-corrected chi connectivity index (χ0v) is 17.9. The summed E-state index contributed by atoms with van der Waals surface area (Å²) in [5, 5.41) is 6.08. The standard InChI is InChI=1S/C24H19Cl2N3O/c1-2-20-23(14-6-8-17(25)9-7-14)24-27-21-11-16(15-4-3-5-18(26)10-15)12-22(30)19(21)13-29(24)28-20/h3-10,13,16H,2,11-12H2,1H3. The number of halogens is 2. The molecule has 0 saturated heterocycles. The van der Waals surface area contributed by atoms with Gasteiger partial charge < -0.3 is 0 Å². The Kier molecular flexibility index (Phi) is 4.84. The number of carbonyl (C=O) groups is 1. The average molecular weight is 436 g/mol. The number of fused-ring (bicyclic) bond motifs is 2. The highest BCUT2D eigenvalue weighted by molar-refractivity contribution is 6.30. The Hall–Kier alpha value is -2.69. The molecule has 30 heavy (non-hydrogen) atoms. The van der Waals surface area contributed by atoms with E-state index in [2.05, 4.69) is 6.92 Å². The Labute approximate surface area is 184 Å². The van der Waals surface area contributed by atoms with Gasteiger partial charge in [0.1, 0.15) is 0 Å². The summed E-state index contributed by atoms with van der Waals surface area (Å²) in [5.74, 6) is 0.170. The molecule has 1 aliphatic rings. The number of Topliss-reactive ketones (excluding diaryl/α,β-unsaturated/α-hetero) is 1. The van der Waals surface area contributed by atoms with E-state index in [0.717, 1.165) is 40.1 Å². The first kappa shape index (κ1) is 19.3. The molecule has 1 unspecified atom stereocenters. The fourth-order valence-corrected chi connectivity index (χ4v) is 4.56. The fourth-order valence-electron chi connectivity index (χ4n) is 4.24. The van der Waals surface area contributed by atoms with Crippen LogP contribution in [0, 0.1) is 0 Å². The van der Waals surface area contributed by atoms with Crippen LogP contribution in [0.1, 0.15) is 46.6 Å². The van der Waals surface area contributed by atoms with Crippen LogP contribution >= 0.6 is 23.2 Å². The molecule has 2 aromatic carbocycles. The van der Waals surface area contributed by atoms with Crippen LogP contribution < -0.4 is 0 Å². The number of aryl methyl sites for hydroxylation is 1. The van der Waals surface area contributed by atoms with Gasteiger partial charge in [-0.15, -0.1) is 0 Å². The van der Waals surface area contributed by atoms with Crippen LogP contribution in [0.4, 0.5) is 0 Å². The summed E-state index contributed by atoms with van der Waals surface area (Å²) in [4.78, 5) is 17.9. The van der Waals surface area contributed by atoms with Crippen LogP contribution in [0.25, 0.3) is 16.8 Å². The Bertz CT molecular complexity index is 1280. The van der Waals surface area contributed by atoms with Crippen LogP contribution in [0.15, 0.2) is 54.7 Å². The summed E-state index contributed by atoms with van der Waals surface area (Å²) in [7, 11) is 0. The Balaban J connectivity index is 1.65. The molecule has 0 radical (unpaired) electrons. The SMILES string of the molecule is CCc1nn2cc3c(nc2c1-c1ccc(Cl)cc1)CC(c1cccc(Cl)c1)CC3=O. The first-order valence-electron chi connectivity index (χ1n) is 9.99. The van der Waals surface area contributed by atoms with E-state index in [1.54, 1.807) is 4.52 Å². The lowest BCUT2D eigenvalue weighted by Gasteiger charge is -2.23. The maximum absolute atomic E-state index is 12.9. The second kappa shape index (κ2) is 7.53. The molecule has 0 N–H and O–H groups in total. The average Bonchev–Trinajstić information content (AvgIpc) is 3.10. The number of hydrogen-bond acceptors (Lipinski definition) is 3. The van der Waals surface area contributed by atoms with Crippen molar-refractivity contribution in [2.24, 2.45) is 0 Å². The van der Waals surface area contributed by atoms with Gasteiger partial charge >= 0.3 is 0 Å². The van der Waals surface area contributed by atoms with E-state index in [0.29, 0.717) is 28.5 Å². The molecular weight excluding hydrogens is 417 g/mol. The molecule has 1 aliphatic carbocycles. The normalized spacial score (nSPS) is 16.1. The third kappa shape index (κ3) is 3.30. The van der Waals surface area contributed by atoms with Crippen LogP contribution in [-0.4, -0.2) is 20.4 Å². The molecule has 0 amide bonds. The van der Waals surface area contributed by atoms with Gasteiger partial charge in [0.15, 0.2) is 11.4 Å². The molecule has 0 bridgehead atoms. The first-order chi connectivity index (χ1) is 14.5. The Morgan fingerprint density at radius 3 is 2.60 bits per heavy atom. The molecule has 4 nitrogen and oxygen atoms in total. The minimum atomic E-state index is 0.0752. The Morgan fingerprint density at radius 1 is 1.07 bits per heavy atom. The quantitative estimate of drug-likeness (QED) is 0.385. The molecule has 6 heteroatoms. The third-order valence-electron chi connectivity index (χ3n) is 5.72. The second-order valence-electron chi connectivity index (χ2n) is 7.63. The Morgan fingerprint density at radius 2 is 1.87 bits per heavy atom. The van der Waals surface area contributed by atoms with Crippen molar-refractivity contribution in [2.45, 2.75) is 32.1 Å². The molecule has 2 aromatic heterocycles. The van der Waals surface area contributed by atoms with E-state index in [1.807, 2.05) is 54.7 Å². The van der Waals surface area contributed by atoms with Crippen LogP contribution in [0.5, 0.6) is 0 Å². The summed E-state index contributed by atoms with van der Waals surface area (Å²) in [5.41, 5.74) is 6.29. The van der Waals surface area contributed by atoms with E-state index >= 15 is 0 Å². The van der Waals surface area contributed by atoms with Crippen molar-refractivity contribution >= 4 is 34.6 Å². The zero-order valence-electron chi connectivity index (χ0n) is 16.4. The van der Waals surface area contributed by atoms with Gasteiger partial charge in [0, 0.05) is 28.2 Å². The molecule has 0 spiro atoms. The van der Waals surface area contributed by atoms with E-state index in [9.17, 15) is 4.79 Å². The highest BCUT2D eigenvalue weighted by atomic mass is 35.5. The summed E-state index contributed by atoms with van der Waals surface area (Å²) in [6.45, 7) is 2.07. The highest BCUT2D eigenvalue weighted by Crippen LogP contribution is 2.35. The van der Waals surface area contributed by atoms with Gasteiger partial charge in [-0.2, -0.15) is 5.10 Å². The molecule has 150 valence electrons. The third-order valence-corrected chi connectivity index (χ3v) is 6.21. The van der Waals surface area contributed by atoms with Crippen LogP contribution in [-0.2, 0) is 12.8 Å². The smallest absolute Gasteiger partial charge is 0.166 e. The van der Waals surface area contributed by atoms with Crippen molar-refractivity contribution in [1.29, 1.82) is 0 Å². The van der Waals surface area contributed by atoms with Gasteiger partial charge in [0.05, 0.1) is 17.0 Å². The summed E-state index contributed by atoms with van der Waals surface area (Å²) in [6.07, 6.45) is 3.76. The molecule has 0 saturated carbocycles. The number of rotatable bonds is 3. The minimum absolute atomic E-state index is 0.0752. The number of ketones is 1. The molecule has 4 aromatic rings. The number of aromatic nitrogens is 3. The number of nitrogens with zero attached hydrogens (tertiary/aromatic N) is 3. The lowest BCUT2D eigenvalue weighted by atomic mass is 9.82. The monoisotopic (exact) mass is 435 g/mol. The molecular formula is C24H19Cl2N3O. The van der Waals surface area contributed by atoms with E-state index in [4.69, 9.17) is 33.3 Å².